The molecule has 2 unspecified atom stereocenters. The van der Waals surface area contributed by atoms with Crippen LogP contribution in [-0.2, 0) is 14.3 Å². The lowest BCUT2D eigenvalue weighted by Crippen LogP contribution is -2.52. The number of nitrogens with one attached hydrogen (secondary N) is 2. The van der Waals surface area contributed by atoms with E-state index < -0.39 is 42.2 Å². The van der Waals surface area contributed by atoms with Crippen LogP contribution >= 0.6 is 0 Å². The fraction of sp³-hybridized carbons (Fsp3) is 0.276. The van der Waals surface area contributed by atoms with E-state index in [9.17, 15) is 19.5 Å². The van der Waals surface area contributed by atoms with Gasteiger partial charge in [-0.1, -0.05) is 48.4 Å². The number of hydrogen-bond donors (Lipinski definition) is 3. The summed E-state index contributed by atoms with van der Waals surface area (Å²) in [6.07, 6.45) is 4.61. The molecule has 0 aliphatic rings. The Morgan fingerprint density at radius 3 is 2.27 bits per heavy atom. The van der Waals surface area contributed by atoms with Gasteiger partial charge in [-0.15, -0.1) is 6.42 Å². The molecule has 0 saturated heterocycles. The van der Waals surface area contributed by atoms with Gasteiger partial charge in [0.25, 0.3) is 5.91 Å². The second kappa shape index (κ2) is 11.6. The normalized spacial score (nSPS) is 12.6. The molecule has 0 aromatic heterocycles. The molecular formula is C29H31N3O5. The summed E-state index contributed by atoms with van der Waals surface area (Å²) in [5.41, 5.74) is 0.883. The van der Waals surface area contributed by atoms with E-state index in [4.69, 9.17) is 11.2 Å². The number of carbonyl (C=O) groups excluding carboxylic acids is 3. The SMILES string of the molecule is C#Cc1ccc(C(C(=O)Nc2ccc3ccccc3c2)N(C)C(=O)C(CO)NC(=O)OC(C)(C)C)cc1. The zero-order valence-electron chi connectivity index (χ0n) is 21.3. The Morgan fingerprint density at radius 2 is 1.68 bits per heavy atom. The number of ether oxygens (including phenoxy) is 1. The third-order valence-electron chi connectivity index (χ3n) is 5.57. The molecule has 0 bridgehead atoms. The molecule has 0 saturated carbocycles. The van der Waals surface area contributed by atoms with Crippen molar-refractivity contribution in [2.75, 3.05) is 19.0 Å². The lowest BCUT2D eigenvalue weighted by atomic mass is 10.0. The maximum atomic E-state index is 13.6. The van der Waals surface area contributed by atoms with Crippen LogP contribution in [0, 0.1) is 12.3 Å². The number of aliphatic hydroxyl groups is 1. The summed E-state index contributed by atoms with van der Waals surface area (Å²) in [5, 5.41) is 17.1. The summed E-state index contributed by atoms with van der Waals surface area (Å²) in [7, 11) is 1.43. The Labute approximate surface area is 216 Å². The highest BCUT2D eigenvalue weighted by Gasteiger charge is 2.34. The first-order valence-corrected chi connectivity index (χ1v) is 11.8. The van der Waals surface area contributed by atoms with Gasteiger partial charge in [-0.05, 0) is 61.4 Å². The number of anilines is 1. The largest absolute Gasteiger partial charge is 0.444 e. The first-order chi connectivity index (χ1) is 17.5. The molecule has 3 N–H and O–H groups in total. The number of alkyl carbamates (subject to hydrolysis) is 1. The zero-order valence-corrected chi connectivity index (χ0v) is 21.3. The first-order valence-electron chi connectivity index (χ1n) is 11.8. The van der Waals surface area contributed by atoms with Crippen molar-refractivity contribution in [1.29, 1.82) is 0 Å². The molecule has 3 amide bonds. The van der Waals surface area contributed by atoms with E-state index in [2.05, 4.69) is 16.6 Å². The van der Waals surface area contributed by atoms with E-state index in [0.717, 1.165) is 10.8 Å². The number of likely N-dealkylation sites (N-methyl/N-ethyl adjacent to an activating group) is 1. The molecule has 2 atom stereocenters. The number of fused-ring (bicyclic) bond motifs is 1. The maximum absolute atomic E-state index is 13.6. The van der Waals surface area contributed by atoms with E-state index in [1.165, 1.54) is 11.9 Å². The average Bonchev–Trinajstić information content (AvgIpc) is 2.86. The number of benzene rings is 3. The monoisotopic (exact) mass is 501 g/mol. The highest BCUT2D eigenvalue weighted by Crippen LogP contribution is 2.25. The third kappa shape index (κ3) is 7.09. The van der Waals surface area contributed by atoms with Gasteiger partial charge in [0.2, 0.25) is 5.91 Å². The highest BCUT2D eigenvalue weighted by molar-refractivity contribution is 6.00. The predicted molar refractivity (Wildman–Crippen MR) is 143 cm³/mol. The molecule has 0 aliphatic carbocycles. The molecule has 0 spiro atoms. The minimum absolute atomic E-state index is 0.478. The van der Waals surface area contributed by atoms with Crippen LogP contribution in [0.2, 0.25) is 0 Å². The summed E-state index contributed by atoms with van der Waals surface area (Å²) >= 11 is 0. The Balaban J connectivity index is 1.89. The molecule has 3 rings (SSSR count). The van der Waals surface area contributed by atoms with E-state index in [-0.39, 0.29) is 0 Å². The van der Waals surface area contributed by atoms with E-state index in [1.807, 2.05) is 36.4 Å². The van der Waals surface area contributed by atoms with Gasteiger partial charge in [0.05, 0.1) is 6.61 Å². The number of hydrogen-bond acceptors (Lipinski definition) is 5. The summed E-state index contributed by atoms with van der Waals surface area (Å²) in [6.45, 7) is 4.36. The quantitative estimate of drug-likeness (QED) is 0.427. The highest BCUT2D eigenvalue weighted by atomic mass is 16.6. The van der Waals surface area contributed by atoms with Gasteiger partial charge in [0.1, 0.15) is 17.7 Å². The molecule has 3 aromatic rings. The number of nitrogens with zero attached hydrogens (tertiary/aromatic N) is 1. The topological polar surface area (TPSA) is 108 Å². The summed E-state index contributed by atoms with van der Waals surface area (Å²) in [5.74, 6) is 1.37. The van der Waals surface area contributed by atoms with Crippen LogP contribution in [0.25, 0.3) is 10.8 Å². The van der Waals surface area contributed by atoms with Gasteiger partial charge in [0.15, 0.2) is 0 Å². The number of terminal acetylenes is 1. The van der Waals surface area contributed by atoms with Crippen LogP contribution in [-0.4, -0.2) is 53.2 Å². The lowest BCUT2D eigenvalue weighted by Gasteiger charge is -2.31. The molecule has 3 aromatic carbocycles. The third-order valence-corrected chi connectivity index (χ3v) is 5.57. The van der Waals surface area contributed by atoms with Crippen LogP contribution in [0.4, 0.5) is 10.5 Å². The van der Waals surface area contributed by atoms with Gasteiger partial charge in [-0.2, -0.15) is 0 Å². The molecule has 192 valence electrons. The van der Waals surface area contributed by atoms with E-state index >= 15 is 0 Å². The van der Waals surface area contributed by atoms with Crippen molar-refractivity contribution in [1.82, 2.24) is 10.2 Å². The number of amides is 3. The van der Waals surface area contributed by atoms with Crippen molar-refractivity contribution < 1.29 is 24.2 Å². The Hall–Kier alpha value is -4.35. The molecule has 0 aliphatic heterocycles. The molecule has 0 heterocycles. The Morgan fingerprint density at radius 1 is 1.03 bits per heavy atom. The number of carbonyl (C=O) groups is 3. The van der Waals surface area contributed by atoms with Crippen molar-refractivity contribution in [3.05, 3.63) is 77.9 Å². The fourth-order valence-electron chi connectivity index (χ4n) is 3.80. The van der Waals surface area contributed by atoms with Crippen LogP contribution in [0.1, 0.15) is 37.9 Å². The lowest BCUT2D eigenvalue weighted by molar-refractivity contribution is -0.139. The first kappa shape index (κ1) is 27.2. The van der Waals surface area contributed by atoms with Crippen LogP contribution in [0.15, 0.2) is 66.7 Å². The maximum Gasteiger partial charge on any atom is 0.408 e. The van der Waals surface area contributed by atoms with Crippen molar-refractivity contribution >= 4 is 34.4 Å². The van der Waals surface area contributed by atoms with Crippen molar-refractivity contribution in [2.24, 2.45) is 0 Å². The van der Waals surface area contributed by atoms with Gasteiger partial charge >= 0.3 is 6.09 Å². The second-order valence-electron chi connectivity index (χ2n) is 9.55. The summed E-state index contributed by atoms with van der Waals surface area (Å²) in [6, 6.07) is 17.5. The second-order valence-corrected chi connectivity index (χ2v) is 9.55. The van der Waals surface area contributed by atoms with Gasteiger partial charge in [0, 0.05) is 18.3 Å². The fourth-order valence-corrected chi connectivity index (χ4v) is 3.80. The minimum Gasteiger partial charge on any atom is -0.444 e. The van der Waals surface area contributed by atoms with E-state index in [0.29, 0.717) is 16.8 Å². The van der Waals surface area contributed by atoms with Gasteiger partial charge in [-0.3, -0.25) is 9.59 Å². The predicted octanol–water partition coefficient (Wildman–Crippen LogP) is 3.84. The van der Waals surface area contributed by atoms with Gasteiger partial charge in [-0.25, -0.2) is 4.79 Å². The Kier molecular flexibility index (Phi) is 8.53. The minimum atomic E-state index is -1.32. The molecular weight excluding hydrogens is 470 g/mol. The van der Waals surface area contributed by atoms with Crippen molar-refractivity contribution in [3.63, 3.8) is 0 Å². The molecule has 8 nitrogen and oxygen atoms in total. The van der Waals surface area contributed by atoms with Gasteiger partial charge < -0.3 is 25.4 Å². The molecule has 37 heavy (non-hydrogen) atoms. The average molecular weight is 502 g/mol. The molecule has 0 radical (unpaired) electrons. The summed E-state index contributed by atoms with van der Waals surface area (Å²) < 4.78 is 5.20. The molecule has 0 fully saturated rings. The number of aliphatic hydroxyl groups excluding tert-OH is 1. The molecule has 8 heteroatoms. The van der Waals surface area contributed by atoms with Crippen LogP contribution in [0.5, 0.6) is 0 Å². The Bertz CT molecular complexity index is 1320. The zero-order chi connectivity index (χ0) is 27.2. The van der Waals surface area contributed by atoms with Crippen LogP contribution in [0.3, 0.4) is 0 Å². The van der Waals surface area contributed by atoms with Crippen LogP contribution < -0.4 is 10.6 Å². The standard InChI is InChI=1S/C29H31N3O5/c1-6-19-11-13-21(14-12-19)25(26(34)30-23-16-15-20-9-7-8-10-22(20)17-23)32(5)27(35)24(18-33)31-28(36)37-29(2,3)4/h1,7-17,24-25,33H,18H2,2-5H3,(H,30,34)(H,31,36). The van der Waals surface area contributed by atoms with E-state index in [1.54, 1.807) is 51.1 Å². The summed E-state index contributed by atoms with van der Waals surface area (Å²) in [4.78, 5) is 40.3. The van der Waals surface area contributed by atoms with Crippen molar-refractivity contribution in [2.45, 2.75) is 38.5 Å². The smallest absolute Gasteiger partial charge is 0.408 e. The van der Waals surface area contributed by atoms with Crippen molar-refractivity contribution in [3.8, 4) is 12.3 Å². The number of rotatable bonds is 7.